The predicted octanol–water partition coefficient (Wildman–Crippen LogP) is 2.55. The third-order valence-electron chi connectivity index (χ3n) is 7.03. The van der Waals surface area contributed by atoms with Gasteiger partial charge in [-0.1, -0.05) is 24.3 Å². The summed E-state index contributed by atoms with van der Waals surface area (Å²) in [5.41, 5.74) is 3.06. The van der Waals surface area contributed by atoms with Gasteiger partial charge in [0.25, 0.3) is 5.91 Å². The maximum atomic E-state index is 12.5. The van der Waals surface area contributed by atoms with Gasteiger partial charge in [0.15, 0.2) is 18.2 Å². The maximum Gasteiger partial charge on any atom is 0.415 e. The third kappa shape index (κ3) is 5.64. The molecule has 0 bridgehead atoms. The second kappa shape index (κ2) is 10.9. The van der Waals surface area contributed by atoms with Crippen molar-refractivity contribution in [3.63, 3.8) is 0 Å². The van der Waals surface area contributed by atoms with Crippen LogP contribution in [0.25, 0.3) is 11.3 Å². The van der Waals surface area contributed by atoms with Gasteiger partial charge in [0.05, 0.1) is 18.3 Å². The lowest BCUT2D eigenvalue weighted by Crippen LogP contribution is -2.29. The molecule has 2 atom stereocenters. The number of fused-ring (bicyclic) bond motifs is 1. The Hall–Kier alpha value is -4.22. The Bertz CT molecular complexity index is 1380. The lowest BCUT2D eigenvalue weighted by molar-refractivity contribution is -0.118. The molecule has 1 aromatic carbocycles. The van der Waals surface area contributed by atoms with Crippen LogP contribution < -0.4 is 25.2 Å². The molecule has 11 heteroatoms. The Labute approximate surface area is 225 Å². The van der Waals surface area contributed by atoms with Gasteiger partial charge < -0.3 is 30.1 Å². The molecular weight excluding hydrogens is 500 g/mol. The van der Waals surface area contributed by atoms with Gasteiger partial charge in [-0.2, -0.15) is 0 Å². The average Bonchev–Trinajstić information content (AvgIpc) is 3.56. The van der Waals surface area contributed by atoms with E-state index in [-0.39, 0.29) is 24.7 Å². The summed E-state index contributed by atoms with van der Waals surface area (Å²) in [5, 5.41) is 16.0. The number of aliphatic hydroxyl groups is 1. The smallest absolute Gasteiger partial charge is 0.415 e. The first-order valence-electron chi connectivity index (χ1n) is 13.1. The third-order valence-corrected chi connectivity index (χ3v) is 7.03. The Morgan fingerprint density at radius 2 is 1.95 bits per heavy atom. The first kappa shape index (κ1) is 25.1. The Balaban J connectivity index is 1.01. The molecule has 2 amide bonds. The van der Waals surface area contributed by atoms with E-state index in [9.17, 15) is 14.7 Å². The van der Waals surface area contributed by atoms with Crippen LogP contribution in [0.15, 0.2) is 54.6 Å². The molecule has 3 aromatic rings. The number of carbonyl (C=O) groups excluding carboxylic acids is 2. The number of aliphatic hydroxyl groups excluding tert-OH is 1. The number of aromatic nitrogens is 2. The van der Waals surface area contributed by atoms with E-state index in [0.717, 1.165) is 35.6 Å². The number of benzene rings is 1. The predicted molar refractivity (Wildman–Crippen MR) is 145 cm³/mol. The minimum Gasteiger partial charge on any atom is -0.480 e. The van der Waals surface area contributed by atoms with E-state index in [2.05, 4.69) is 32.7 Å². The quantitative estimate of drug-likeness (QED) is 0.376. The summed E-state index contributed by atoms with van der Waals surface area (Å²) in [6.07, 6.45) is 0.404. The summed E-state index contributed by atoms with van der Waals surface area (Å²) in [6.45, 7) is 3.10. The highest BCUT2D eigenvalue weighted by Gasteiger charge is 2.33. The number of carbonyl (C=O) groups is 2. The van der Waals surface area contributed by atoms with E-state index in [4.69, 9.17) is 14.5 Å². The molecule has 3 N–H and O–H groups in total. The van der Waals surface area contributed by atoms with Crippen molar-refractivity contribution in [1.82, 2.24) is 15.3 Å². The maximum absolute atomic E-state index is 12.5. The van der Waals surface area contributed by atoms with Gasteiger partial charge >= 0.3 is 6.09 Å². The number of anilines is 3. The minimum atomic E-state index is -0.457. The Kier molecular flexibility index (Phi) is 6.99. The van der Waals surface area contributed by atoms with Crippen molar-refractivity contribution in [2.24, 2.45) is 0 Å². The highest BCUT2D eigenvalue weighted by Crippen LogP contribution is 2.30. The summed E-state index contributed by atoms with van der Waals surface area (Å²) >= 11 is 0. The summed E-state index contributed by atoms with van der Waals surface area (Å²) in [5.74, 6) is 1.80. The van der Waals surface area contributed by atoms with Gasteiger partial charge in [-0.3, -0.25) is 9.69 Å². The van der Waals surface area contributed by atoms with Crippen LogP contribution in [0.5, 0.6) is 5.75 Å². The zero-order chi connectivity index (χ0) is 26.8. The lowest BCUT2D eigenvalue weighted by Gasteiger charge is -2.19. The number of nitrogens with one attached hydrogen (secondary N) is 2. The van der Waals surface area contributed by atoms with Crippen molar-refractivity contribution in [3.05, 3.63) is 60.2 Å². The molecular formula is C28H30N6O5. The fourth-order valence-electron chi connectivity index (χ4n) is 5.01. The van der Waals surface area contributed by atoms with Crippen molar-refractivity contribution in [2.75, 3.05) is 47.9 Å². The molecule has 2 fully saturated rings. The van der Waals surface area contributed by atoms with Crippen molar-refractivity contribution in [1.29, 1.82) is 0 Å². The van der Waals surface area contributed by atoms with Gasteiger partial charge in [0.1, 0.15) is 17.7 Å². The van der Waals surface area contributed by atoms with Gasteiger partial charge in [-0.15, -0.1) is 0 Å². The number of hydrogen-bond donors (Lipinski definition) is 3. The number of amides is 2. The van der Waals surface area contributed by atoms with Gasteiger partial charge in [0.2, 0.25) is 0 Å². The van der Waals surface area contributed by atoms with Crippen molar-refractivity contribution < 1.29 is 24.2 Å². The lowest BCUT2D eigenvalue weighted by atomic mass is 10.1. The fraction of sp³-hybridized carbons (Fsp3) is 0.357. The highest BCUT2D eigenvalue weighted by atomic mass is 16.6. The monoisotopic (exact) mass is 530 g/mol. The average molecular weight is 531 g/mol. The first-order chi connectivity index (χ1) is 19.0. The fourth-order valence-corrected chi connectivity index (χ4v) is 5.01. The standard InChI is InChI=1S/C28H30N6O5/c35-20-10-12-33(15-20)24-6-2-5-22(30-24)19-4-1-3-18(13-19)14-29-11-9-21-16-34(28(37)39-21)25-8-7-23-27(31-25)32-26(36)17-38-23/h1-8,13,20-21,29,35H,9-12,14-17H2,(H,31,32,36)/t20?,21-/m0/s1. The number of ether oxygens (including phenoxy) is 2. The summed E-state index contributed by atoms with van der Waals surface area (Å²) in [6, 6.07) is 17.6. The largest absolute Gasteiger partial charge is 0.480 e. The molecule has 202 valence electrons. The van der Waals surface area contributed by atoms with Gasteiger partial charge in [-0.05, 0) is 55.3 Å². The second-order valence-corrected chi connectivity index (χ2v) is 9.90. The molecule has 2 aromatic heterocycles. The molecule has 3 aliphatic heterocycles. The molecule has 0 saturated carbocycles. The van der Waals surface area contributed by atoms with Crippen LogP contribution in [0.3, 0.4) is 0 Å². The van der Waals surface area contributed by atoms with E-state index in [0.29, 0.717) is 50.0 Å². The molecule has 39 heavy (non-hydrogen) atoms. The van der Waals surface area contributed by atoms with Crippen LogP contribution in [0.2, 0.25) is 0 Å². The topological polar surface area (TPSA) is 129 Å². The molecule has 11 nitrogen and oxygen atoms in total. The SMILES string of the molecule is O=C1COc2ccc(N3C[C@H](CCNCc4cccc(-c5cccc(N6CCC(O)C6)n5)c4)OC3=O)nc2N1. The van der Waals surface area contributed by atoms with Crippen LogP contribution in [0.4, 0.5) is 22.2 Å². The Morgan fingerprint density at radius 3 is 2.82 bits per heavy atom. The molecule has 5 heterocycles. The van der Waals surface area contributed by atoms with Crippen molar-refractivity contribution in [3.8, 4) is 17.0 Å². The number of hydrogen-bond acceptors (Lipinski definition) is 9. The first-order valence-corrected chi connectivity index (χ1v) is 13.1. The van der Waals surface area contributed by atoms with Crippen LogP contribution in [-0.2, 0) is 16.1 Å². The van der Waals surface area contributed by atoms with E-state index < -0.39 is 6.09 Å². The minimum absolute atomic E-state index is 0.0479. The number of pyridine rings is 2. The molecule has 0 radical (unpaired) electrons. The van der Waals surface area contributed by atoms with E-state index >= 15 is 0 Å². The van der Waals surface area contributed by atoms with Crippen molar-refractivity contribution in [2.45, 2.75) is 31.6 Å². The normalized spacial score (nSPS) is 20.4. The van der Waals surface area contributed by atoms with E-state index in [1.807, 2.05) is 30.3 Å². The van der Waals surface area contributed by atoms with Gasteiger partial charge in [-0.25, -0.2) is 14.8 Å². The zero-order valence-corrected chi connectivity index (χ0v) is 21.4. The molecule has 0 aliphatic carbocycles. The van der Waals surface area contributed by atoms with Gasteiger partial charge in [0, 0.05) is 25.2 Å². The molecule has 6 rings (SSSR count). The number of β-amino-alcohol motifs (C(OH)–C–C–N with tert-alkyl or cyclic N) is 1. The van der Waals surface area contributed by atoms with Crippen molar-refractivity contribution >= 4 is 29.5 Å². The van der Waals surface area contributed by atoms with E-state index in [1.54, 1.807) is 12.1 Å². The number of rotatable bonds is 8. The second-order valence-electron chi connectivity index (χ2n) is 9.90. The van der Waals surface area contributed by atoms with Crippen LogP contribution in [0.1, 0.15) is 18.4 Å². The molecule has 1 unspecified atom stereocenters. The zero-order valence-electron chi connectivity index (χ0n) is 21.4. The number of cyclic esters (lactones) is 1. The number of nitrogens with zero attached hydrogens (tertiary/aromatic N) is 4. The van der Waals surface area contributed by atoms with Crippen LogP contribution >= 0.6 is 0 Å². The molecule has 0 spiro atoms. The summed E-state index contributed by atoms with van der Waals surface area (Å²) in [7, 11) is 0. The molecule has 2 saturated heterocycles. The van der Waals surface area contributed by atoms with E-state index in [1.165, 1.54) is 4.90 Å². The summed E-state index contributed by atoms with van der Waals surface area (Å²) < 4.78 is 10.9. The van der Waals surface area contributed by atoms with Crippen LogP contribution in [-0.4, -0.2) is 72.1 Å². The molecule has 3 aliphatic rings. The Morgan fingerprint density at radius 1 is 1.05 bits per heavy atom. The highest BCUT2D eigenvalue weighted by molar-refractivity contribution is 5.95. The van der Waals surface area contributed by atoms with Crippen LogP contribution in [0, 0.1) is 0 Å². The summed E-state index contributed by atoms with van der Waals surface area (Å²) in [4.78, 5) is 36.8.